The van der Waals surface area contributed by atoms with Crippen molar-refractivity contribution >= 4 is 23.3 Å². The summed E-state index contributed by atoms with van der Waals surface area (Å²) in [7, 11) is 0. The lowest BCUT2D eigenvalue weighted by atomic mass is 10.3. The van der Waals surface area contributed by atoms with E-state index in [0.29, 0.717) is 0 Å². The maximum Gasteiger partial charge on any atom is 0.344 e. The number of rotatable bonds is 6. The highest BCUT2D eigenvalue weighted by molar-refractivity contribution is 5.91. The molecule has 0 spiro atoms. The van der Waals surface area contributed by atoms with Crippen LogP contribution >= 0.6 is 0 Å². The van der Waals surface area contributed by atoms with Gasteiger partial charge >= 0.3 is 11.9 Å². The molecule has 1 heterocycles. The smallest absolute Gasteiger partial charge is 0.344 e. The molecule has 1 aliphatic heterocycles. The Morgan fingerprint density at radius 3 is 1.37 bits per heavy atom. The van der Waals surface area contributed by atoms with Crippen molar-refractivity contribution in [1.82, 2.24) is 0 Å². The lowest BCUT2D eigenvalue weighted by molar-refractivity contribution is -0.385. The second kappa shape index (κ2) is 7.17. The van der Waals surface area contributed by atoms with Crippen molar-refractivity contribution in [3.05, 3.63) is 68.8 Å². The minimum atomic E-state index is -1.16. The SMILES string of the molecule is O=C(Oc1ccc([N+](=O)[O-])cc1)C1OC1C(=O)Oc1ccc([N+](=O)[O-])cc1. The highest BCUT2D eigenvalue weighted by Crippen LogP contribution is 2.28. The summed E-state index contributed by atoms with van der Waals surface area (Å²) in [4.78, 5) is 43.8. The van der Waals surface area contributed by atoms with Crippen LogP contribution in [0.2, 0.25) is 0 Å². The van der Waals surface area contributed by atoms with E-state index in [0.717, 1.165) is 24.3 Å². The molecule has 2 unspecified atom stereocenters. The lowest BCUT2D eigenvalue weighted by Crippen LogP contribution is -2.23. The molecule has 0 N–H and O–H groups in total. The number of nitro benzene ring substituents is 2. The molecule has 0 aromatic heterocycles. The zero-order valence-corrected chi connectivity index (χ0v) is 13.3. The molecule has 2 aromatic carbocycles. The quantitative estimate of drug-likeness (QED) is 0.242. The Labute approximate surface area is 150 Å². The van der Waals surface area contributed by atoms with Crippen LogP contribution in [0.1, 0.15) is 0 Å². The summed E-state index contributed by atoms with van der Waals surface area (Å²) in [5, 5.41) is 21.1. The molecule has 2 atom stereocenters. The van der Waals surface area contributed by atoms with Crippen molar-refractivity contribution in [3.8, 4) is 11.5 Å². The summed E-state index contributed by atoms with van der Waals surface area (Å²) in [6.07, 6.45) is -2.32. The Balaban J connectivity index is 1.53. The van der Waals surface area contributed by atoms with Gasteiger partial charge in [-0.05, 0) is 24.3 Å². The van der Waals surface area contributed by atoms with Gasteiger partial charge < -0.3 is 14.2 Å². The van der Waals surface area contributed by atoms with Gasteiger partial charge in [0.05, 0.1) is 9.85 Å². The van der Waals surface area contributed by atoms with Crippen molar-refractivity contribution in [2.24, 2.45) is 0 Å². The molecule has 1 saturated heterocycles. The van der Waals surface area contributed by atoms with Crippen LogP contribution in [0, 0.1) is 20.2 Å². The molecule has 2 aromatic rings. The van der Waals surface area contributed by atoms with E-state index in [4.69, 9.17) is 14.2 Å². The monoisotopic (exact) mass is 374 g/mol. The van der Waals surface area contributed by atoms with Crippen LogP contribution < -0.4 is 9.47 Å². The summed E-state index contributed by atoms with van der Waals surface area (Å²) < 4.78 is 14.9. The van der Waals surface area contributed by atoms with Gasteiger partial charge in [-0.3, -0.25) is 20.2 Å². The van der Waals surface area contributed by atoms with E-state index >= 15 is 0 Å². The second-order valence-corrected chi connectivity index (χ2v) is 5.32. The number of hydrogen-bond donors (Lipinski definition) is 0. The number of non-ortho nitro benzene ring substituents is 2. The molecule has 27 heavy (non-hydrogen) atoms. The van der Waals surface area contributed by atoms with Gasteiger partial charge in [-0.25, -0.2) is 9.59 Å². The number of benzene rings is 2. The molecule has 0 amide bonds. The molecule has 11 heteroatoms. The number of carbonyl (C=O) groups excluding carboxylic acids is 2. The van der Waals surface area contributed by atoms with Gasteiger partial charge in [0, 0.05) is 24.3 Å². The molecular formula is C16H10N2O9. The molecule has 3 rings (SSSR count). The van der Waals surface area contributed by atoms with Crippen LogP contribution in [0.4, 0.5) is 11.4 Å². The van der Waals surface area contributed by atoms with Gasteiger partial charge in [0.15, 0.2) is 12.2 Å². The third-order valence-corrected chi connectivity index (χ3v) is 3.49. The normalized spacial score (nSPS) is 17.6. The molecule has 138 valence electrons. The van der Waals surface area contributed by atoms with E-state index in [9.17, 15) is 29.8 Å². The third kappa shape index (κ3) is 4.22. The molecule has 11 nitrogen and oxygen atoms in total. The maximum atomic E-state index is 11.9. The van der Waals surface area contributed by atoms with Gasteiger partial charge in [-0.15, -0.1) is 0 Å². The maximum absolute atomic E-state index is 11.9. The minimum absolute atomic E-state index is 0.0589. The van der Waals surface area contributed by atoms with Crippen LogP contribution in [-0.4, -0.2) is 34.0 Å². The number of hydrogen-bond acceptors (Lipinski definition) is 9. The number of esters is 2. The molecule has 1 fully saturated rings. The van der Waals surface area contributed by atoms with Crippen molar-refractivity contribution in [3.63, 3.8) is 0 Å². The van der Waals surface area contributed by atoms with Crippen molar-refractivity contribution in [1.29, 1.82) is 0 Å². The Bertz CT molecular complexity index is 833. The summed E-state index contributed by atoms with van der Waals surface area (Å²) >= 11 is 0. The predicted octanol–water partition coefficient (Wildman–Crippen LogP) is 1.78. The Morgan fingerprint density at radius 1 is 0.741 bits per heavy atom. The van der Waals surface area contributed by atoms with Gasteiger partial charge in [0.2, 0.25) is 0 Å². The third-order valence-electron chi connectivity index (χ3n) is 3.49. The average molecular weight is 374 g/mol. The van der Waals surface area contributed by atoms with E-state index in [2.05, 4.69) is 0 Å². The second-order valence-electron chi connectivity index (χ2n) is 5.32. The van der Waals surface area contributed by atoms with Crippen LogP contribution in [0.25, 0.3) is 0 Å². The fraction of sp³-hybridized carbons (Fsp3) is 0.125. The first kappa shape index (κ1) is 17.9. The van der Waals surface area contributed by atoms with E-state index in [1.807, 2.05) is 0 Å². The fourth-order valence-electron chi connectivity index (χ4n) is 2.09. The first-order valence-electron chi connectivity index (χ1n) is 7.43. The Kier molecular flexibility index (Phi) is 4.77. The van der Waals surface area contributed by atoms with E-state index in [1.165, 1.54) is 24.3 Å². The predicted molar refractivity (Wildman–Crippen MR) is 86.1 cm³/mol. The van der Waals surface area contributed by atoms with Gasteiger partial charge in [-0.2, -0.15) is 0 Å². The largest absolute Gasteiger partial charge is 0.425 e. The first-order valence-corrected chi connectivity index (χ1v) is 7.43. The van der Waals surface area contributed by atoms with Crippen LogP contribution in [-0.2, 0) is 14.3 Å². The van der Waals surface area contributed by atoms with Gasteiger partial charge in [-0.1, -0.05) is 0 Å². The fourth-order valence-corrected chi connectivity index (χ4v) is 2.09. The molecular weight excluding hydrogens is 364 g/mol. The number of ether oxygens (including phenoxy) is 3. The van der Waals surface area contributed by atoms with E-state index in [-0.39, 0.29) is 22.9 Å². The highest BCUT2D eigenvalue weighted by Gasteiger charge is 2.53. The number of nitro groups is 2. The first-order chi connectivity index (χ1) is 12.8. The highest BCUT2D eigenvalue weighted by atomic mass is 16.7. The number of nitrogens with zero attached hydrogens (tertiary/aromatic N) is 2. The minimum Gasteiger partial charge on any atom is -0.425 e. The summed E-state index contributed by atoms with van der Waals surface area (Å²) in [6, 6.07) is 9.61. The van der Waals surface area contributed by atoms with Crippen molar-refractivity contribution < 1.29 is 33.6 Å². The molecule has 0 bridgehead atoms. The topological polar surface area (TPSA) is 151 Å². The number of carbonyl (C=O) groups is 2. The Morgan fingerprint density at radius 2 is 1.07 bits per heavy atom. The summed E-state index contributed by atoms with van der Waals surface area (Å²) in [6.45, 7) is 0. The molecule has 0 saturated carbocycles. The Hall–Kier alpha value is -3.86. The van der Waals surface area contributed by atoms with Crippen LogP contribution in [0.15, 0.2) is 48.5 Å². The van der Waals surface area contributed by atoms with Gasteiger partial charge in [0.25, 0.3) is 11.4 Å². The average Bonchev–Trinajstić information content (AvgIpc) is 3.43. The van der Waals surface area contributed by atoms with Crippen molar-refractivity contribution in [2.75, 3.05) is 0 Å². The summed E-state index contributed by atoms with van der Waals surface area (Å²) in [5.74, 6) is -1.59. The van der Waals surface area contributed by atoms with Crippen LogP contribution in [0.5, 0.6) is 11.5 Å². The molecule has 0 radical (unpaired) electrons. The van der Waals surface area contributed by atoms with Crippen molar-refractivity contribution in [2.45, 2.75) is 12.2 Å². The molecule has 0 aliphatic carbocycles. The number of epoxide rings is 1. The van der Waals surface area contributed by atoms with E-state index in [1.54, 1.807) is 0 Å². The van der Waals surface area contributed by atoms with E-state index < -0.39 is 34.0 Å². The van der Waals surface area contributed by atoms with Gasteiger partial charge in [0.1, 0.15) is 11.5 Å². The van der Waals surface area contributed by atoms with Crippen LogP contribution in [0.3, 0.4) is 0 Å². The zero-order chi connectivity index (χ0) is 19.6. The summed E-state index contributed by atoms with van der Waals surface area (Å²) in [5.41, 5.74) is -0.330. The zero-order valence-electron chi connectivity index (χ0n) is 13.3. The lowest BCUT2D eigenvalue weighted by Gasteiger charge is -2.03. The standard InChI is InChI=1S/C16H10N2O9/c19-15(25-11-5-1-9(2-6-11)17(21)22)13-14(27-13)16(20)26-12-7-3-10(4-8-12)18(23)24/h1-8,13-14H. The molecule has 1 aliphatic rings.